The third kappa shape index (κ3) is 5.42. The minimum absolute atomic E-state index is 0.0180. The minimum atomic E-state index is -0.0792. The Bertz CT molecular complexity index is 1550. The fourth-order valence-corrected chi connectivity index (χ4v) is 5.47. The van der Waals surface area contributed by atoms with Crippen molar-refractivity contribution >= 4 is 22.7 Å². The van der Waals surface area contributed by atoms with Crippen molar-refractivity contribution in [1.29, 1.82) is 0 Å². The molecule has 0 bridgehead atoms. The van der Waals surface area contributed by atoms with E-state index in [1.165, 1.54) is 16.7 Å². The minimum Gasteiger partial charge on any atom is -0.453 e. The topological polar surface area (TPSA) is 31.0 Å². The van der Waals surface area contributed by atoms with Crippen molar-refractivity contribution in [3.8, 4) is 11.5 Å². The van der Waals surface area contributed by atoms with Crippen molar-refractivity contribution in [2.75, 3.05) is 30.9 Å². The van der Waals surface area contributed by atoms with E-state index in [1.54, 1.807) is 0 Å². The van der Waals surface area contributed by atoms with Gasteiger partial charge in [0.15, 0.2) is 11.5 Å². The molecule has 0 saturated carbocycles. The number of nitrogens with one attached hydrogen (secondary N) is 1. The first kappa shape index (κ1) is 26.6. The van der Waals surface area contributed by atoms with Crippen LogP contribution in [0.4, 0.5) is 22.7 Å². The van der Waals surface area contributed by atoms with Gasteiger partial charge in [-0.15, -0.1) is 0 Å². The molecule has 0 radical (unpaired) electrons. The number of nitrogens with zero attached hydrogens (tertiary/aromatic N) is 3. The van der Waals surface area contributed by atoms with E-state index in [9.17, 15) is 0 Å². The highest BCUT2D eigenvalue weighted by Gasteiger charge is 2.27. The number of hydrogen-bond acceptors (Lipinski definition) is 5. The molecule has 0 fully saturated rings. The summed E-state index contributed by atoms with van der Waals surface area (Å²) in [4.78, 5) is 6.81. The van der Waals surface area contributed by atoms with Crippen LogP contribution in [0.25, 0.3) is 0 Å². The monoisotopic (exact) mass is 540 g/mol. The quantitative estimate of drug-likeness (QED) is 0.196. The largest absolute Gasteiger partial charge is 0.453 e. The van der Waals surface area contributed by atoms with Gasteiger partial charge in [-0.2, -0.15) is 0 Å². The van der Waals surface area contributed by atoms with E-state index in [0.717, 1.165) is 34.2 Å². The number of benzene rings is 5. The van der Waals surface area contributed by atoms with Crippen LogP contribution in [-0.2, 0) is 0 Å². The summed E-state index contributed by atoms with van der Waals surface area (Å²) in [7, 11) is 6.39. The van der Waals surface area contributed by atoms with E-state index >= 15 is 0 Å². The molecule has 5 aromatic rings. The predicted octanol–water partition coefficient (Wildman–Crippen LogP) is 8.56. The molecule has 2 atom stereocenters. The van der Waals surface area contributed by atoms with Crippen molar-refractivity contribution in [1.82, 2.24) is 10.2 Å². The van der Waals surface area contributed by atoms with E-state index in [4.69, 9.17) is 4.74 Å². The van der Waals surface area contributed by atoms with Crippen LogP contribution in [0.2, 0.25) is 0 Å². The Morgan fingerprint density at radius 2 is 1.10 bits per heavy atom. The standard InChI is InChI=1S/C36H36N4O/c1-26-18-20-27(21-19-26)35(38(2)3)37-36(39(4)29-12-6-5-7-13-29)28-22-24-30(25-23-28)40-31-14-8-10-16-33(31)41-34-17-11-9-15-32(34)40/h5-25,35-37H,1-4H3. The highest BCUT2D eigenvalue weighted by atomic mass is 16.5. The van der Waals surface area contributed by atoms with Gasteiger partial charge in [0.2, 0.25) is 0 Å². The van der Waals surface area contributed by atoms with Crippen LogP contribution in [-0.4, -0.2) is 26.0 Å². The summed E-state index contributed by atoms with van der Waals surface area (Å²) in [6.45, 7) is 2.13. The maximum atomic E-state index is 6.22. The van der Waals surface area contributed by atoms with E-state index in [1.807, 2.05) is 24.3 Å². The van der Waals surface area contributed by atoms with Gasteiger partial charge in [-0.1, -0.05) is 84.4 Å². The van der Waals surface area contributed by atoms with Crippen LogP contribution in [0, 0.1) is 6.92 Å². The van der Waals surface area contributed by atoms with Gasteiger partial charge in [-0.25, -0.2) is 0 Å². The first-order valence-electron chi connectivity index (χ1n) is 14.0. The summed E-state index contributed by atoms with van der Waals surface area (Å²) >= 11 is 0. The Labute approximate surface area is 243 Å². The predicted molar refractivity (Wildman–Crippen MR) is 170 cm³/mol. The zero-order valence-electron chi connectivity index (χ0n) is 24.0. The average molecular weight is 541 g/mol. The number of aryl methyl sites for hydroxylation is 1. The number of fused-ring (bicyclic) bond motifs is 2. The summed E-state index contributed by atoms with van der Waals surface area (Å²) in [5, 5.41) is 3.95. The summed E-state index contributed by atoms with van der Waals surface area (Å²) in [6.07, 6.45) is -0.0612. The Hall–Kier alpha value is -4.58. The first-order valence-corrected chi connectivity index (χ1v) is 14.0. The number of anilines is 4. The smallest absolute Gasteiger partial charge is 0.151 e. The van der Waals surface area contributed by atoms with Crippen molar-refractivity contribution in [3.05, 3.63) is 144 Å². The van der Waals surface area contributed by atoms with Gasteiger partial charge in [0.25, 0.3) is 0 Å². The van der Waals surface area contributed by atoms with Crippen LogP contribution in [0.15, 0.2) is 127 Å². The van der Waals surface area contributed by atoms with E-state index in [2.05, 4.69) is 151 Å². The van der Waals surface area contributed by atoms with Crippen molar-refractivity contribution in [2.24, 2.45) is 0 Å². The normalized spacial score (nSPS) is 13.6. The van der Waals surface area contributed by atoms with Crippen LogP contribution < -0.4 is 19.9 Å². The van der Waals surface area contributed by atoms with Crippen LogP contribution in [0.1, 0.15) is 29.0 Å². The molecule has 5 nitrogen and oxygen atoms in total. The lowest BCUT2D eigenvalue weighted by molar-refractivity contribution is 0.226. The third-order valence-corrected chi connectivity index (χ3v) is 7.68. The van der Waals surface area contributed by atoms with Crippen molar-refractivity contribution in [2.45, 2.75) is 19.3 Å². The van der Waals surface area contributed by atoms with E-state index in [0.29, 0.717) is 0 Å². The number of para-hydroxylation sites is 5. The molecule has 2 unspecified atom stereocenters. The molecule has 0 aromatic heterocycles. The molecule has 5 heteroatoms. The summed E-state index contributed by atoms with van der Waals surface area (Å²) < 4.78 is 6.22. The van der Waals surface area contributed by atoms with Crippen LogP contribution >= 0.6 is 0 Å². The molecule has 0 saturated heterocycles. The van der Waals surface area contributed by atoms with E-state index < -0.39 is 0 Å². The zero-order chi connectivity index (χ0) is 28.3. The van der Waals surface area contributed by atoms with Gasteiger partial charge in [0.1, 0.15) is 6.17 Å². The zero-order valence-corrected chi connectivity index (χ0v) is 24.0. The Morgan fingerprint density at radius 3 is 1.68 bits per heavy atom. The number of rotatable bonds is 8. The summed E-state index contributed by atoms with van der Waals surface area (Å²) in [6, 6.07) is 44.6. The molecule has 41 heavy (non-hydrogen) atoms. The molecule has 5 aromatic carbocycles. The maximum absolute atomic E-state index is 6.22. The van der Waals surface area contributed by atoms with Gasteiger partial charge in [-0.05, 0) is 80.7 Å². The molecule has 1 N–H and O–H groups in total. The molecule has 0 spiro atoms. The fourth-order valence-electron chi connectivity index (χ4n) is 5.47. The Balaban J connectivity index is 1.38. The van der Waals surface area contributed by atoms with E-state index in [-0.39, 0.29) is 12.3 Å². The molecular weight excluding hydrogens is 504 g/mol. The van der Waals surface area contributed by atoms with Gasteiger partial charge in [0, 0.05) is 18.4 Å². The average Bonchev–Trinajstić information content (AvgIpc) is 3.01. The van der Waals surface area contributed by atoms with Crippen LogP contribution in [0.5, 0.6) is 11.5 Å². The SMILES string of the molecule is Cc1ccc(C(NC(c2ccc(N3c4ccccc4Oc4ccccc43)cc2)N(C)c2ccccc2)N(C)C)cc1. The third-order valence-electron chi connectivity index (χ3n) is 7.68. The second-order valence-electron chi connectivity index (χ2n) is 10.8. The van der Waals surface area contributed by atoms with Crippen molar-refractivity contribution < 1.29 is 4.74 Å². The molecule has 206 valence electrons. The summed E-state index contributed by atoms with van der Waals surface area (Å²) in [5.74, 6) is 1.70. The Kier molecular flexibility index (Phi) is 7.47. The molecule has 0 aliphatic carbocycles. The van der Waals surface area contributed by atoms with Gasteiger partial charge >= 0.3 is 0 Å². The maximum Gasteiger partial charge on any atom is 0.151 e. The second kappa shape index (κ2) is 11.5. The molecule has 0 amide bonds. The molecule has 1 aliphatic heterocycles. The molecular formula is C36H36N4O. The van der Waals surface area contributed by atoms with Gasteiger partial charge < -0.3 is 14.5 Å². The molecule has 1 aliphatic rings. The molecule has 1 heterocycles. The molecule has 6 rings (SSSR count). The lowest BCUT2D eigenvalue weighted by Crippen LogP contribution is -2.42. The van der Waals surface area contributed by atoms with Crippen molar-refractivity contribution in [3.63, 3.8) is 0 Å². The fraction of sp³-hybridized carbons (Fsp3) is 0.167. The number of ether oxygens (including phenoxy) is 1. The lowest BCUT2D eigenvalue weighted by Gasteiger charge is -2.37. The highest BCUT2D eigenvalue weighted by Crippen LogP contribution is 2.50. The Morgan fingerprint density at radius 1 is 0.585 bits per heavy atom. The second-order valence-corrected chi connectivity index (χ2v) is 10.8. The van der Waals surface area contributed by atoms with Crippen LogP contribution in [0.3, 0.4) is 0 Å². The summed E-state index contributed by atoms with van der Waals surface area (Å²) in [5.41, 5.74) is 7.95. The van der Waals surface area contributed by atoms with Gasteiger partial charge in [-0.3, -0.25) is 10.2 Å². The highest BCUT2D eigenvalue weighted by molar-refractivity contribution is 5.86. The number of hydrogen-bond donors (Lipinski definition) is 1. The lowest BCUT2D eigenvalue weighted by atomic mass is 10.1. The first-order chi connectivity index (χ1) is 20.0. The van der Waals surface area contributed by atoms with Gasteiger partial charge in [0.05, 0.1) is 17.5 Å².